The SMILES string of the molecule is Cc1onc(-c2c(Cl)cccc2Cl)c1C(=O)NC(=S)N=[S@](C)(=O)c1ccccc1. The van der Waals surface area contributed by atoms with Gasteiger partial charge in [-0.25, -0.2) is 4.21 Å². The number of rotatable bonds is 3. The highest BCUT2D eigenvalue weighted by Crippen LogP contribution is 2.36. The van der Waals surface area contributed by atoms with Crippen LogP contribution in [0.1, 0.15) is 16.1 Å². The van der Waals surface area contributed by atoms with Gasteiger partial charge in [-0.05, 0) is 43.4 Å². The minimum atomic E-state index is -2.82. The molecule has 0 aliphatic heterocycles. The fourth-order valence-corrected chi connectivity index (χ4v) is 4.83. The van der Waals surface area contributed by atoms with Crippen molar-refractivity contribution in [2.75, 3.05) is 6.26 Å². The molecule has 2 aromatic carbocycles. The smallest absolute Gasteiger partial charge is 0.263 e. The molecule has 0 bridgehead atoms. The third kappa shape index (κ3) is 4.67. The number of hydrogen-bond acceptors (Lipinski definition) is 5. The number of hydrogen-bond donors (Lipinski definition) is 1. The van der Waals surface area contributed by atoms with E-state index in [-0.39, 0.29) is 22.1 Å². The van der Waals surface area contributed by atoms with Crippen molar-refractivity contribution in [3.8, 4) is 11.3 Å². The summed E-state index contributed by atoms with van der Waals surface area (Å²) in [7, 11) is -2.82. The Morgan fingerprint density at radius 3 is 2.38 bits per heavy atom. The molecule has 0 aliphatic carbocycles. The lowest BCUT2D eigenvalue weighted by Gasteiger charge is -2.08. The zero-order valence-corrected chi connectivity index (χ0v) is 18.5. The third-order valence-corrected chi connectivity index (χ3v) is 6.56. The molecule has 0 radical (unpaired) electrons. The number of amides is 1. The molecule has 0 saturated carbocycles. The van der Waals surface area contributed by atoms with Crippen molar-refractivity contribution >= 4 is 56.2 Å². The van der Waals surface area contributed by atoms with Gasteiger partial charge in [0.1, 0.15) is 17.0 Å². The van der Waals surface area contributed by atoms with Gasteiger partial charge in [0.05, 0.1) is 19.8 Å². The summed E-state index contributed by atoms with van der Waals surface area (Å²) in [5, 5.41) is 6.79. The molecule has 3 rings (SSSR count). The second-order valence-corrected chi connectivity index (χ2v) is 9.49. The molecule has 0 spiro atoms. The van der Waals surface area contributed by atoms with Gasteiger partial charge in [0.25, 0.3) is 5.91 Å². The van der Waals surface area contributed by atoms with Crippen molar-refractivity contribution in [1.82, 2.24) is 10.5 Å². The van der Waals surface area contributed by atoms with Crippen LogP contribution in [0.25, 0.3) is 11.3 Å². The van der Waals surface area contributed by atoms with Crippen LogP contribution in [-0.4, -0.2) is 26.6 Å². The number of nitrogens with one attached hydrogen (secondary N) is 1. The molecule has 0 unspecified atom stereocenters. The van der Waals surface area contributed by atoms with E-state index >= 15 is 0 Å². The number of nitrogens with zero attached hydrogens (tertiary/aromatic N) is 2. The Morgan fingerprint density at radius 1 is 1.14 bits per heavy atom. The summed E-state index contributed by atoms with van der Waals surface area (Å²) in [5.74, 6) is -0.372. The number of carbonyl (C=O) groups excluding carboxylic acids is 1. The van der Waals surface area contributed by atoms with Gasteiger partial charge < -0.3 is 4.52 Å². The molecular formula is C19H15Cl2N3O3S2. The number of benzene rings is 2. The normalized spacial score (nSPS) is 12.8. The quantitative estimate of drug-likeness (QED) is 0.539. The van der Waals surface area contributed by atoms with Crippen LogP contribution in [0.4, 0.5) is 0 Å². The molecule has 3 aromatic rings. The van der Waals surface area contributed by atoms with Crippen LogP contribution >= 0.6 is 35.4 Å². The van der Waals surface area contributed by atoms with Gasteiger partial charge in [0.15, 0.2) is 0 Å². The molecule has 1 atom stereocenters. The molecule has 150 valence electrons. The van der Waals surface area contributed by atoms with Crippen LogP contribution in [-0.2, 0) is 9.73 Å². The summed E-state index contributed by atoms with van der Waals surface area (Å²) in [6, 6.07) is 13.6. The van der Waals surface area contributed by atoms with E-state index in [1.165, 1.54) is 6.26 Å². The van der Waals surface area contributed by atoms with Crippen molar-refractivity contribution in [3.63, 3.8) is 0 Å². The van der Waals surface area contributed by atoms with Crippen molar-refractivity contribution in [3.05, 3.63) is 69.9 Å². The topological polar surface area (TPSA) is 84.6 Å². The van der Waals surface area contributed by atoms with Gasteiger partial charge in [-0.1, -0.05) is 52.6 Å². The van der Waals surface area contributed by atoms with E-state index in [0.29, 0.717) is 20.5 Å². The zero-order valence-electron chi connectivity index (χ0n) is 15.3. The van der Waals surface area contributed by atoms with E-state index in [9.17, 15) is 9.00 Å². The number of carbonyl (C=O) groups is 1. The maximum absolute atomic E-state index is 12.8. The highest BCUT2D eigenvalue weighted by molar-refractivity contribution is 7.94. The van der Waals surface area contributed by atoms with Crippen molar-refractivity contribution < 1.29 is 13.5 Å². The Bertz CT molecular complexity index is 1200. The molecule has 0 aliphatic rings. The highest BCUT2D eigenvalue weighted by atomic mass is 35.5. The average Bonchev–Trinajstić information content (AvgIpc) is 3.03. The predicted octanol–water partition coefficient (Wildman–Crippen LogP) is 5.13. The van der Waals surface area contributed by atoms with Crippen LogP contribution < -0.4 is 5.32 Å². The lowest BCUT2D eigenvalue weighted by atomic mass is 10.1. The molecule has 1 heterocycles. The molecule has 1 amide bonds. The first-order valence-electron chi connectivity index (χ1n) is 8.24. The summed E-state index contributed by atoms with van der Waals surface area (Å²) in [4.78, 5) is 13.3. The van der Waals surface area contributed by atoms with E-state index < -0.39 is 15.6 Å². The van der Waals surface area contributed by atoms with Gasteiger partial charge in [-0.15, -0.1) is 0 Å². The Balaban J connectivity index is 1.93. The summed E-state index contributed by atoms with van der Waals surface area (Å²) < 4.78 is 22.0. The lowest BCUT2D eigenvalue weighted by Crippen LogP contribution is -2.29. The van der Waals surface area contributed by atoms with Crippen molar-refractivity contribution in [2.24, 2.45) is 4.36 Å². The summed E-state index contributed by atoms with van der Waals surface area (Å²) in [5.41, 5.74) is 0.655. The largest absolute Gasteiger partial charge is 0.360 e. The molecule has 10 heteroatoms. The van der Waals surface area contributed by atoms with Crippen LogP contribution in [0, 0.1) is 6.92 Å². The van der Waals surface area contributed by atoms with Crippen LogP contribution in [0.2, 0.25) is 10.0 Å². The summed E-state index contributed by atoms with van der Waals surface area (Å²) in [6.45, 7) is 1.57. The minimum Gasteiger partial charge on any atom is -0.360 e. The Labute approximate surface area is 183 Å². The van der Waals surface area contributed by atoms with Crippen LogP contribution in [0.15, 0.2) is 62.3 Å². The lowest BCUT2D eigenvalue weighted by molar-refractivity contribution is 0.0976. The number of aromatic nitrogens is 1. The summed E-state index contributed by atoms with van der Waals surface area (Å²) >= 11 is 17.6. The number of halogens is 2. The van der Waals surface area contributed by atoms with Gasteiger partial charge >= 0.3 is 0 Å². The first-order chi connectivity index (χ1) is 13.7. The van der Waals surface area contributed by atoms with Crippen LogP contribution in [0.5, 0.6) is 0 Å². The molecule has 29 heavy (non-hydrogen) atoms. The highest BCUT2D eigenvalue weighted by Gasteiger charge is 2.25. The van der Waals surface area contributed by atoms with Crippen molar-refractivity contribution in [1.29, 1.82) is 0 Å². The first-order valence-corrected chi connectivity index (χ1v) is 11.3. The Hall–Kier alpha value is -2.26. The average molecular weight is 468 g/mol. The second kappa shape index (κ2) is 8.62. The van der Waals surface area contributed by atoms with E-state index in [0.717, 1.165) is 0 Å². The van der Waals surface area contributed by atoms with Gasteiger partial charge in [-0.2, -0.15) is 4.36 Å². The van der Waals surface area contributed by atoms with Crippen LogP contribution in [0.3, 0.4) is 0 Å². The Morgan fingerprint density at radius 2 is 1.76 bits per heavy atom. The molecule has 0 fully saturated rings. The zero-order chi connectivity index (χ0) is 21.2. The number of aryl methyl sites for hydroxylation is 1. The predicted molar refractivity (Wildman–Crippen MR) is 118 cm³/mol. The molecule has 0 saturated heterocycles. The molecule has 1 aromatic heterocycles. The maximum atomic E-state index is 12.8. The standard InChI is InChI=1S/C19H15Cl2N3O3S2/c1-11-15(17(23-27-11)16-13(20)9-6-10-14(16)21)18(25)22-19(28)24-29(2,26)12-7-4-3-5-8-12/h3-10H,1-2H3,(H,22,25,28)/t29-/m1/s1. The molecule has 6 nitrogen and oxygen atoms in total. The van der Waals surface area contributed by atoms with Gasteiger partial charge in [0, 0.05) is 16.7 Å². The van der Waals surface area contributed by atoms with E-state index in [1.807, 2.05) is 0 Å². The van der Waals surface area contributed by atoms with Gasteiger partial charge in [0.2, 0.25) is 5.11 Å². The second-order valence-electron chi connectivity index (χ2n) is 6.03. The number of thiocarbonyl (C=S) groups is 1. The van der Waals surface area contributed by atoms with Crippen molar-refractivity contribution in [2.45, 2.75) is 11.8 Å². The van der Waals surface area contributed by atoms with E-state index in [4.69, 9.17) is 39.9 Å². The molecule has 1 N–H and O–H groups in total. The van der Waals surface area contributed by atoms with E-state index in [2.05, 4.69) is 14.8 Å². The van der Waals surface area contributed by atoms with E-state index in [1.54, 1.807) is 55.5 Å². The molecular weight excluding hydrogens is 453 g/mol. The monoisotopic (exact) mass is 467 g/mol. The fraction of sp³-hybridized carbons (Fsp3) is 0.105. The third-order valence-electron chi connectivity index (χ3n) is 3.95. The Kier molecular flexibility index (Phi) is 6.38. The minimum absolute atomic E-state index is 0.111. The first kappa shape index (κ1) is 21.4. The maximum Gasteiger partial charge on any atom is 0.263 e. The fourth-order valence-electron chi connectivity index (χ4n) is 2.60. The van der Waals surface area contributed by atoms with Gasteiger partial charge in [-0.3, -0.25) is 10.1 Å². The summed E-state index contributed by atoms with van der Waals surface area (Å²) in [6.07, 6.45) is 1.44.